The number of methoxy groups -OCH3 is 1. The predicted molar refractivity (Wildman–Crippen MR) is 81.6 cm³/mol. The molecular formula is C14H20N5OS+. The van der Waals surface area contributed by atoms with Crippen LogP contribution < -0.4 is 9.64 Å². The number of hydrogen-bond donors (Lipinski definition) is 1. The summed E-state index contributed by atoms with van der Waals surface area (Å²) in [6.45, 7) is 4.00. The molecule has 1 N–H and O–H groups in total. The first-order valence-electron chi connectivity index (χ1n) is 7.14. The van der Waals surface area contributed by atoms with Crippen molar-refractivity contribution < 1.29 is 9.64 Å². The van der Waals surface area contributed by atoms with E-state index in [0.717, 1.165) is 18.1 Å². The van der Waals surface area contributed by atoms with E-state index >= 15 is 0 Å². The van der Waals surface area contributed by atoms with Crippen LogP contribution in [0.5, 0.6) is 5.75 Å². The number of nitrogens with zero attached hydrogens (tertiary/aromatic N) is 4. The molecule has 0 aliphatic carbocycles. The molecule has 1 aliphatic heterocycles. The average molecular weight is 306 g/mol. The lowest BCUT2D eigenvalue weighted by Gasteiger charge is -2.22. The van der Waals surface area contributed by atoms with Gasteiger partial charge in [0.05, 0.1) is 26.7 Å². The van der Waals surface area contributed by atoms with Crippen LogP contribution in [0.25, 0.3) is 0 Å². The summed E-state index contributed by atoms with van der Waals surface area (Å²) in [4.78, 5) is 1.57. The van der Waals surface area contributed by atoms with Gasteiger partial charge in [0.15, 0.2) is 0 Å². The van der Waals surface area contributed by atoms with Gasteiger partial charge in [-0.25, -0.2) is 4.68 Å². The number of tetrazole rings is 1. The molecule has 0 bridgehead atoms. The van der Waals surface area contributed by atoms with E-state index in [0.29, 0.717) is 6.54 Å². The number of hydrogen-bond acceptors (Lipinski definition) is 5. The van der Waals surface area contributed by atoms with E-state index in [2.05, 4.69) is 27.7 Å². The highest BCUT2D eigenvalue weighted by atomic mass is 32.2. The quantitative estimate of drug-likeness (QED) is 0.833. The molecule has 3 rings (SSSR count). The van der Waals surface area contributed by atoms with E-state index in [1.807, 2.05) is 28.6 Å². The fourth-order valence-corrected chi connectivity index (χ4v) is 3.51. The molecule has 1 aliphatic rings. The maximum atomic E-state index is 5.18. The van der Waals surface area contributed by atoms with Gasteiger partial charge in [-0.2, -0.15) is 11.8 Å². The minimum Gasteiger partial charge on any atom is -0.497 e. The van der Waals surface area contributed by atoms with E-state index in [4.69, 9.17) is 4.74 Å². The maximum absolute atomic E-state index is 5.18. The van der Waals surface area contributed by atoms with Crippen molar-refractivity contribution in [3.8, 4) is 5.75 Å². The Morgan fingerprint density at radius 3 is 2.71 bits per heavy atom. The molecule has 21 heavy (non-hydrogen) atoms. The highest BCUT2D eigenvalue weighted by molar-refractivity contribution is 7.99. The molecule has 0 saturated carbocycles. The molecule has 2 heterocycles. The summed E-state index contributed by atoms with van der Waals surface area (Å²) < 4.78 is 7.08. The molecule has 2 aromatic rings. The first-order valence-corrected chi connectivity index (χ1v) is 8.30. The number of quaternary nitrogens is 1. The molecule has 1 aromatic carbocycles. The van der Waals surface area contributed by atoms with Crippen LogP contribution in [0, 0.1) is 0 Å². The zero-order valence-corrected chi connectivity index (χ0v) is 13.0. The summed E-state index contributed by atoms with van der Waals surface area (Å²) in [6, 6.07) is 8.03. The summed E-state index contributed by atoms with van der Waals surface area (Å²) in [6.07, 6.45) is 0. The van der Waals surface area contributed by atoms with Gasteiger partial charge in [-0.15, -0.1) is 5.10 Å². The normalized spacial score (nSPS) is 16.0. The van der Waals surface area contributed by atoms with E-state index in [9.17, 15) is 0 Å². The van der Waals surface area contributed by atoms with Crippen molar-refractivity contribution in [3.63, 3.8) is 0 Å². The monoisotopic (exact) mass is 306 g/mol. The standard InChI is InChI=1S/C14H19N5OS/c1-20-13-4-2-12(3-5-13)10-19-14(15-16-17-19)11-18-6-8-21-9-7-18/h2-5H,6-11H2,1H3/p+1. The largest absolute Gasteiger partial charge is 0.497 e. The van der Waals surface area contributed by atoms with Crippen molar-refractivity contribution in [2.45, 2.75) is 13.1 Å². The van der Waals surface area contributed by atoms with E-state index in [1.54, 1.807) is 12.0 Å². The summed E-state index contributed by atoms with van der Waals surface area (Å²) >= 11 is 2.03. The van der Waals surface area contributed by atoms with Gasteiger partial charge in [0.1, 0.15) is 12.3 Å². The lowest BCUT2D eigenvalue weighted by Crippen LogP contribution is -3.12. The second kappa shape index (κ2) is 6.91. The number of ether oxygens (including phenoxy) is 1. The van der Waals surface area contributed by atoms with Crippen LogP contribution in [-0.4, -0.2) is 51.9 Å². The van der Waals surface area contributed by atoms with E-state index in [-0.39, 0.29) is 0 Å². The van der Waals surface area contributed by atoms with Crippen molar-refractivity contribution in [1.82, 2.24) is 20.2 Å². The molecule has 0 radical (unpaired) electrons. The van der Waals surface area contributed by atoms with Crippen molar-refractivity contribution >= 4 is 11.8 Å². The van der Waals surface area contributed by atoms with Gasteiger partial charge in [-0.05, 0) is 28.1 Å². The van der Waals surface area contributed by atoms with Crippen molar-refractivity contribution in [2.24, 2.45) is 0 Å². The van der Waals surface area contributed by atoms with Crippen LogP contribution >= 0.6 is 11.8 Å². The number of aromatic nitrogens is 4. The minimum absolute atomic E-state index is 0.703. The first-order chi connectivity index (χ1) is 10.3. The van der Waals surface area contributed by atoms with Gasteiger partial charge < -0.3 is 9.64 Å². The molecule has 112 valence electrons. The Morgan fingerprint density at radius 1 is 1.24 bits per heavy atom. The Hall–Kier alpha value is -1.60. The summed E-state index contributed by atoms with van der Waals surface area (Å²) in [5.41, 5.74) is 1.17. The topological polar surface area (TPSA) is 57.3 Å². The molecule has 0 amide bonds. The van der Waals surface area contributed by atoms with Gasteiger partial charge in [-0.1, -0.05) is 12.1 Å². The Labute approximate surface area is 128 Å². The van der Waals surface area contributed by atoms with Gasteiger partial charge in [0.2, 0.25) is 5.82 Å². The van der Waals surface area contributed by atoms with Crippen LogP contribution in [0.3, 0.4) is 0 Å². The molecule has 0 atom stereocenters. The summed E-state index contributed by atoms with van der Waals surface area (Å²) in [7, 11) is 1.67. The molecule has 7 heteroatoms. The molecule has 1 saturated heterocycles. The van der Waals surface area contributed by atoms with Gasteiger partial charge in [0.25, 0.3) is 0 Å². The molecule has 0 spiro atoms. The third-order valence-electron chi connectivity index (χ3n) is 3.71. The van der Waals surface area contributed by atoms with Gasteiger partial charge in [-0.3, -0.25) is 0 Å². The second-order valence-electron chi connectivity index (χ2n) is 5.14. The smallest absolute Gasteiger partial charge is 0.206 e. The van der Waals surface area contributed by atoms with Gasteiger partial charge in [0, 0.05) is 11.5 Å². The zero-order chi connectivity index (χ0) is 14.5. The molecule has 0 unspecified atom stereocenters. The Morgan fingerprint density at radius 2 is 2.00 bits per heavy atom. The van der Waals surface area contributed by atoms with Crippen molar-refractivity contribution in [3.05, 3.63) is 35.7 Å². The van der Waals surface area contributed by atoms with Crippen LogP contribution in [0.15, 0.2) is 24.3 Å². The SMILES string of the molecule is COc1ccc(Cn2nnnc2C[NH+]2CCSCC2)cc1. The number of nitrogens with one attached hydrogen (secondary N) is 1. The highest BCUT2D eigenvalue weighted by Crippen LogP contribution is 2.12. The summed E-state index contributed by atoms with van der Waals surface area (Å²) in [5, 5.41) is 12.2. The Kier molecular flexibility index (Phi) is 4.72. The summed E-state index contributed by atoms with van der Waals surface area (Å²) in [5.74, 6) is 4.30. The van der Waals surface area contributed by atoms with Crippen molar-refractivity contribution in [1.29, 1.82) is 0 Å². The van der Waals surface area contributed by atoms with Crippen LogP contribution in [0.2, 0.25) is 0 Å². The fraction of sp³-hybridized carbons (Fsp3) is 0.500. The fourth-order valence-electron chi connectivity index (χ4n) is 2.44. The van der Waals surface area contributed by atoms with Crippen molar-refractivity contribution in [2.75, 3.05) is 31.7 Å². The lowest BCUT2D eigenvalue weighted by molar-refractivity contribution is -0.910. The third-order valence-corrected chi connectivity index (χ3v) is 4.69. The molecule has 6 nitrogen and oxygen atoms in total. The molecule has 1 fully saturated rings. The van der Waals surface area contributed by atoms with Crippen LogP contribution in [0.1, 0.15) is 11.4 Å². The molecular weight excluding hydrogens is 286 g/mol. The number of rotatable bonds is 5. The minimum atomic E-state index is 0.703. The van der Waals surface area contributed by atoms with Crippen LogP contribution in [0.4, 0.5) is 0 Å². The lowest BCUT2D eigenvalue weighted by atomic mass is 10.2. The predicted octanol–water partition coefficient (Wildman–Crippen LogP) is -0.138. The van der Waals surface area contributed by atoms with Gasteiger partial charge >= 0.3 is 0 Å². The average Bonchev–Trinajstić information content (AvgIpc) is 2.96. The molecule has 1 aromatic heterocycles. The first kappa shape index (κ1) is 14.3. The van der Waals surface area contributed by atoms with E-state index < -0.39 is 0 Å². The van der Waals surface area contributed by atoms with E-state index in [1.165, 1.54) is 30.2 Å². The maximum Gasteiger partial charge on any atom is 0.206 e. The Bertz CT molecular complexity index is 565. The van der Waals surface area contributed by atoms with Crippen LogP contribution in [-0.2, 0) is 13.1 Å². The highest BCUT2D eigenvalue weighted by Gasteiger charge is 2.18. The second-order valence-corrected chi connectivity index (χ2v) is 6.36. The zero-order valence-electron chi connectivity index (χ0n) is 12.2. The third kappa shape index (κ3) is 3.74. The Balaban J connectivity index is 1.66. The number of benzene rings is 1. The number of thioether (sulfide) groups is 1.